The van der Waals surface area contributed by atoms with Crippen molar-refractivity contribution >= 4 is 40.4 Å². The van der Waals surface area contributed by atoms with Crippen LogP contribution in [0.15, 0.2) is 108 Å². The van der Waals surface area contributed by atoms with Gasteiger partial charge in [0.15, 0.2) is 5.78 Å². The lowest BCUT2D eigenvalue weighted by Gasteiger charge is -2.06. The minimum atomic E-state index is -0.549. The molecule has 182 valence electrons. The van der Waals surface area contributed by atoms with Crippen molar-refractivity contribution in [2.45, 2.75) is 0 Å². The van der Waals surface area contributed by atoms with Crippen LogP contribution in [0.4, 0.5) is 0 Å². The van der Waals surface area contributed by atoms with Crippen molar-refractivity contribution in [3.05, 3.63) is 125 Å². The summed E-state index contributed by atoms with van der Waals surface area (Å²) >= 11 is 5.88. The Morgan fingerprint density at radius 2 is 1.54 bits per heavy atom. The molecule has 5 rings (SSSR count). The highest BCUT2D eigenvalue weighted by atomic mass is 35.5. The molecule has 0 bridgehead atoms. The highest BCUT2D eigenvalue weighted by Crippen LogP contribution is 2.36. The Bertz CT molecular complexity index is 1600. The SMILES string of the molecule is COc1ccc2oc(-c3ccccc3)c(C(=O)Oc3ccc(/C=C/C(=O)c4ccc(Cl)cc4)cc3)c2c1. The number of hydrogen-bond donors (Lipinski definition) is 0. The van der Waals surface area contributed by atoms with Crippen LogP contribution in [0.2, 0.25) is 5.02 Å². The van der Waals surface area contributed by atoms with Gasteiger partial charge >= 0.3 is 5.97 Å². The minimum absolute atomic E-state index is 0.136. The second kappa shape index (κ2) is 10.6. The van der Waals surface area contributed by atoms with E-state index in [1.54, 1.807) is 79.9 Å². The van der Waals surface area contributed by atoms with Crippen molar-refractivity contribution in [2.24, 2.45) is 0 Å². The number of halogens is 1. The maximum Gasteiger partial charge on any atom is 0.348 e. The topological polar surface area (TPSA) is 65.7 Å². The highest BCUT2D eigenvalue weighted by molar-refractivity contribution is 6.30. The third-order valence-electron chi connectivity index (χ3n) is 5.78. The molecule has 0 atom stereocenters. The molecule has 0 amide bonds. The first kappa shape index (κ1) is 24.1. The first-order valence-electron chi connectivity index (χ1n) is 11.5. The Balaban J connectivity index is 1.39. The molecule has 6 heteroatoms. The number of methoxy groups -OCH3 is 1. The van der Waals surface area contributed by atoms with Crippen molar-refractivity contribution in [3.63, 3.8) is 0 Å². The zero-order chi connectivity index (χ0) is 25.8. The molecule has 1 aromatic heterocycles. The number of benzene rings is 4. The summed E-state index contributed by atoms with van der Waals surface area (Å²) < 4.78 is 17.1. The molecule has 0 spiro atoms. The predicted octanol–water partition coefficient (Wildman–Crippen LogP) is 7.88. The van der Waals surface area contributed by atoms with Crippen LogP contribution < -0.4 is 9.47 Å². The maximum absolute atomic E-state index is 13.4. The quantitative estimate of drug-likeness (QED) is 0.0968. The van der Waals surface area contributed by atoms with Crippen LogP contribution in [0.5, 0.6) is 11.5 Å². The average Bonchev–Trinajstić information content (AvgIpc) is 3.32. The second-order valence-corrected chi connectivity index (χ2v) is 8.63. The van der Waals surface area contributed by atoms with Gasteiger partial charge in [-0.2, -0.15) is 0 Å². The van der Waals surface area contributed by atoms with Crippen LogP contribution in [0.3, 0.4) is 0 Å². The van der Waals surface area contributed by atoms with Crippen molar-refractivity contribution in [2.75, 3.05) is 7.11 Å². The number of furan rings is 1. The Labute approximate surface area is 218 Å². The van der Waals surface area contributed by atoms with E-state index in [0.717, 1.165) is 11.1 Å². The number of rotatable bonds is 7. The van der Waals surface area contributed by atoms with Gasteiger partial charge in [0.2, 0.25) is 0 Å². The maximum atomic E-state index is 13.4. The molecular weight excluding hydrogens is 488 g/mol. The first-order valence-corrected chi connectivity index (χ1v) is 11.9. The molecule has 5 aromatic rings. The summed E-state index contributed by atoms with van der Waals surface area (Å²) in [7, 11) is 1.57. The van der Waals surface area contributed by atoms with Gasteiger partial charge in [-0.3, -0.25) is 4.79 Å². The van der Waals surface area contributed by atoms with E-state index in [9.17, 15) is 9.59 Å². The molecular formula is C31H21ClO5. The average molecular weight is 509 g/mol. The fourth-order valence-electron chi connectivity index (χ4n) is 3.89. The normalized spacial score (nSPS) is 11.1. The van der Waals surface area contributed by atoms with Crippen LogP contribution in [0.25, 0.3) is 28.4 Å². The molecule has 0 N–H and O–H groups in total. The summed E-state index contributed by atoms with van der Waals surface area (Å²) in [5.41, 5.74) is 2.96. The predicted molar refractivity (Wildman–Crippen MR) is 144 cm³/mol. The summed E-state index contributed by atoms with van der Waals surface area (Å²) in [4.78, 5) is 25.7. The molecule has 0 saturated heterocycles. The van der Waals surface area contributed by atoms with Gasteiger partial charge in [0.25, 0.3) is 0 Å². The van der Waals surface area contributed by atoms with Gasteiger partial charge in [-0.25, -0.2) is 4.79 Å². The van der Waals surface area contributed by atoms with Gasteiger partial charge in [0.05, 0.1) is 7.11 Å². The number of hydrogen-bond acceptors (Lipinski definition) is 5. The molecule has 4 aromatic carbocycles. The summed E-state index contributed by atoms with van der Waals surface area (Å²) in [6.45, 7) is 0. The number of allylic oxidation sites excluding steroid dienone is 1. The minimum Gasteiger partial charge on any atom is -0.497 e. The monoisotopic (exact) mass is 508 g/mol. The fourth-order valence-corrected chi connectivity index (χ4v) is 4.01. The van der Waals surface area contributed by atoms with E-state index in [-0.39, 0.29) is 5.78 Å². The van der Waals surface area contributed by atoms with Crippen LogP contribution in [-0.2, 0) is 0 Å². The molecule has 0 aliphatic carbocycles. The van der Waals surface area contributed by atoms with Gasteiger partial charge in [-0.05, 0) is 66.2 Å². The highest BCUT2D eigenvalue weighted by Gasteiger charge is 2.24. The van der Waals surface area contributed by atoms with Gasteiger partial charge in [0, 0.05) is 21.5 Å². The van der Waals surface area contributed by atoms with E-state index in [4.69, 9.17) is 25.5 Å². The Hall–Kier alpha value is -4.61. The van der Waals surface area contributed by atoms with E-state index in [1.807, 2.05) is 30.3 Å². The third kappa shape index (κ3) is 5.32. The van der Waals surface area contributed by atoms with E-state index < -0.39 is 5.97 Å². The summed E-state index contributed by atoms with van der Waals surface area (Å²) in [5.74, 6) is 0.706. The molecule has 37 heavy (non-hydrogen) atoms. The van der Waals surface area contributed by atoms with E-state index in [1.165, 1.54) is 6.08 Å². The van der Waals surface area contributed by atoms with E-state index in [2.05, 4.69) is 0 Å². The number of esters is 1. The molecule has 0 unspecified atom stereocenters. The van der Waals surface area contributed by atoms with Gasteiger partial charge in [-0.1, -0.05) is 60.1 Å². The molecule has 0 aliphatic rings. The zero-order valence-corrected chi connectivity index (χ0v) is 20.6. The Morgan fingerprint density at radius 1 is 0.838 bits per heavy atom. The van der Waals surface area contributed by atoms with Crippen LogP contribution in [0.1, 0.15) is 26.3 Å². The van der Waals surface area contributed by atoms with Crippen molar-refractivity contribution in [1.82, 2.24) is 0 Å². The largest absolute Gasteiger partial charge is 0.497 e. The number of ketones is 1. The van der Waals surface area contributed by atoms with Crippen LogP contribution in [-0.4, -0.2) is 18.9 Å². The van der Waals surface area contributed by atoms with Crippen LogP contribution >= 0.6 is 11.6 Å². The lowest BCUT2D eigenvalue weighted by atomic mass is 10.1. The number of ether oxygens (including phenoxy) is 2. The van der Waals surface area contributed by atoms with E-state index >= 15 is 0 Å². The number of carbonyl (C=O) groups is 2. The molecule has 0 aliphatic heterocycles. The molecule has 0 saturated carbocycles. The molecule has 0 fully saturated rings. The Morgan fingerprint density at radius 3 is 2.24 bits per heavy atom. The fraction of sp³-hybridized carbons (Fsp3) is 0.0323. The molecule has 0 radical (unpaired) electrons. The second-order valence-electron chi connectivity index (χ2n) is 8.20. The van der Waals surface area contributed by atoms with Gasteiger partial charge < -0.3 is 13.9 Å². The smallest absolute Gasteiger partial charge is 0.348 e. The number of fused-ring (bicyclic) bond motifs is 1. The lowest BCUT2D eigenvalue weighted by Crippen LogP contribution is -2.09. The zero-order valence-electron chi connectivity index (χ0n) is 19.8. The summed E-state index contributed by atoms with van der Waals surface area (Å²) in [6.07, 6.45) is 3.19. The third-order valence-corrected chi connectivity index (χ3v) is 6.03. The van der Waals surface area contributed by atoms with Gasteiger partial charge in [0.1, 0.15) is 28.4 Å². The Kier molecular flexibility index (Phi) is 6.88. The molecule has 5 nitrogen and oxygen atoms in total. The summed E-state index contributed by atoms with van der Waals surface area (Å²) in [6, 6.07) is 28.3. The summed E-state index contributed by atoms with van der Waals surface area (Å²) in [5, 5.41) is 1.17. The van der Waals surface area contributed by atoms with Crippen molar-refractivity contribution in [1.29, 1.82) is 0 Å². The number of carbonyl (C=O) groups excluding carboxylic acids is 2. The lowest BCUT2D eigenvalue weighted by molar-refractivity contribution is 0.0736. The van der Waals surface area contributed by atoms with E-state index in [0.29, 0.717) is 44.4 Å². The molecule has 1 heterocycles. The standard InChI is InChI=1S/C31H21ClO5/c1-35-25-16-18-28-26(19-25)29(30(37-28)22-5-3-2-4-6-22)31(34)36-24-14-7-20(8-15-24)9-17-27(33)21-10-12-23(32)13-11-21/h2-19H,1H3/b17-9+. The van der Waals surface area contributed by atoms with Gasteiger partial charge in [-0.15, -0.1) is 0 Å². The van der Waals surface area contributed by atoms with Crippen LogP contribution in [0, 0.1) is 0 Å². The first-order chi connectivity index (χ1) is 18.0. The van der Waals surface area contributed by atoms with Crippen molar-refractivity contribution < 1.29 is 23.5 Å². The van der Waals surface area contributed by atoms with Crippen molar-refractivity contribution in [3.8, 4) is 22.8 Å².